The van der Waals surface area contributed by atoms with E-state index in [4.69, 9.17) is 4.74 Å². The van der Waals surface area contributed by atoms with Crippen LogP contribution in [0.25, 0.3) is 0 Å². The van der Waals surface area contributed by atoms with E-state index < -0.39 is 12.1 Å². The third-order valence-electron chi connectivity index (χ3n) is 15.3. The number of hydrogen-bond donors (Lipinski definition) is 3. The second-order valence-corrected chi connectivity index (χ2v) is 22.5. The minimum atomic E-state index is -0.659. The molecule has 0 spiro atoms. The van der Waals surface area contributed by atoms with E-state index in [1.165, 1.54) is 289 Å². The van der Waals surface area contributed by atoms with Crippen LogP contribution in [0.5, 0.6) is 0 Å². The first-order valence-corrected chi connectivity index (χ1v) is 32.4. The van der Waals surface area contributed by atoms with Gasteiger partial charge in [-0.1, -0.05) is 315 Å². The zero-order valence-electron chi connectivity index (χ0n) is 48.2. The maximum absolute atomic E-state index is 12.4. The standard InChI is InChI=1S/C65H127NO5/c1-3-5-7-9-11-13-15-16-17-33-36-39-43-47-51-55-59-65(70)71-60-56-52-48-44-40-37-34-31-29-27-25-23-21-19-18-20-22-24-26-28-30-32-35-38-42-46-50-54-58-64(69)66-62(61-67)63(68)57-53-49-45-41-14-12-10-8-6-4-2/h17,33,62-63,67-68H,3-16,18-32,34-61H2,1-2H3,(H,66,69)/b33-17-. The summed E-state index contributed by atoms with van der Waals surface area (Å²) in [5.74, 6) is -0.0198. The Hall–Kier alpha value is -1.40. The molecular formula is C65H127NO5. The van der Waals surface area contributed by atoms with Crippen LogP contribution in [0, 0.1) is 0 Å². The number of carbonyl (C=O) groups excluding carboxylic acids is 2. The van der Waals surface area contributed by atoms with Crippen molar-refractivity contribution in [1.29, 1.82) is 0 Å². The van der Waals surface area contributed by atoms with Crippen molar-refractivity contribution >= 4 is 11.9 Å². The Morgan fingerprint density at radius 3 is 1.00 bits per heavy atom. The monoisotopic (exact) mass is 1000 g/mol. The molecule has 0 bridgehead atoms. The van der Waals surface area contributed by atoms with E-state index in [0.29, 0.717) is 25.9 Å². The molecule has 0 aromatic rings. The number of hydrogen-bond acceptors (Lipinski definition) is 5. The Morgan fingerprint density at radius 2 is 0.662 bits per heavy atom. The summed E-state index contributed by atoms with van der Waals surface area (Å²) in [5, 5.41) is 23.2. The molecule has 6 heteroatoms. The molecule has 0 aliphatic rings. The Labute approximate surface area is 444 Å². The van der Waals surface area contributed by atoms with Crippen LogP contribution in [0.15, 0.2) is 12.2 Å². The number of rotatable bonds is 61. The average Bonchev–Trinajstić information content (AvgIpc) is 3.37. The van der Waals surface area contributed by atoms with Gasteiger partial charge in [-0.25, -0.2) is 0 Å². The largest absolute Gasteiger partial charge is 0.466 e. The van der Waals surface area contributed by atoms with Crippen LogP contribution in [0.2, 0.25) is 0 Å². The number of ether oxygens (including phenoxy) is 1. The topological polar surface area (TPSA) is 95.9 Å². The molecule has 0 rings (SSSR count). The van der Waals surface area contributed by atoms with Gasteiger partial charge in [0.05, 0.1) is 25.4 Å². The van der Waals surface area contributed by atoms with Gasteiger partial charge in [-0.05, 0) is 51.4 Å². The van der Waals surface area contributed by atoms with E-state index in [-0.39, 0.29) is 18.5 Å². The molecule has 1 amide bonds. The van der Waals surface area contributed by atoms with Gasteiger partial charge in [0.25, 0.3) is 0 Å². The smallest absolute Gasteiger partial charge is 0.305 e. The van der Waals surface area contributed by atoms with Crippen molar-refractivity contribution in [2.75, 3.05) is 13.2 Å². The minimum absolute atomic E-state index is 0.0120. The third kappa shape index (κ3) is 57.7. The number of nitrogens with one attached hydrogen (secondary N) is 1. The predicted octanol–water partition coefficient (Wildman–Crippen LogP) is 20.4. The lowest BCUT2D eigenvalue weighted by molar-refractivity contribution is -0.143. The van der Waals surface area contributed by atoms with Gasteiger partial charge in [0.15, 0.2) is 0 Å². The first-order chi connectivity index (χ1) is 35.0. The zero-order chi connectivity index (χ0) is 51.4. The van der Waals surface area contributed by atoms with Crippen LogP contribution in [0.1, 0.15) is 367 Å². The highest BCUT2D eigenvalue weighted by atomic mass is 16.5. The van der Waals surface area contributed by atoms with E-state index in [1.54, 1.807) is 0 Å². The SMILES string of the molecule is CCCCCCCCC/C=C\CCCCCCCC(=O)OCCCCCCCCCCCCCCCCCCCCCCCCCCCCCCC(=O)NC(CO)C(O)CCCCCCCCCCCC. The van der Waals surface area contributed by atoms with Gasteiger partial charge in [0, 0.05) is 12.8 Å². The highest BCUT2D eigenvalue weighted by Crippen LogP contribution is 2.18. The molecule has 0 saturated heterocycles. The van der Waals surface area contributed by atoms with Gasteiger partial charge < -0.3 is 20.3 Å². The molecule has 71 heavy (non-hydrogen) atoms. The number of amides is 1. The summed E-state index contributed by atoms with van der Waals surface area (Å²) >= 11 is 0. The highest BCUT2D eigenvalue weighted by Gasteiger charge is 2.20. The normalized spacial score (nSPS) is 12.6. The van der Waals surface area contributed by atoms with Crippen molar-refractivity contribution in [3.8, 4) is 0 Å². The molecule has 0 aromatic heterocycles. The van der Waals surface area contributed by atoms with E-state index in [2.05, 4.69) is 31.3 Å². The summed E-state index contributed by atoms with van der Waals surface area (Å²) in [6.07, 6.45) is 73.9. The number of unbranched alkanes of at least 4 members (excludes halogenated alkanes) is 48. The van der Waals surface area contributed by atoms with Crippen molar-refractivity contribution in [1.82, 2.24) is 5.32 Å². The lowest BCUT2D eigenvalue weighted by Crippen LogP contribution is -2.45. The average molecular weight is 1000 g/mol. The molecular weight excluding hydrogens is 875 g/mol. The molecule has 422 valence electrons. The molecule has 0 aliphatic heterocycles. The van der Waals surface area contributed by atoms with Crippen molar-refractivity contribution in [3.63, 3.8) is 0 Å². The Balaban J connectivity index is 3.30. The predicted molar refractivity (Wildman–Crippen MR) is 310 cm³/mol. The quantitative estimate of drug-likeness (QED) is 0.0320. The maximum atomic E-state index is 12.4. The van der Waals surface area contributed by atoms with Gasteiger partial charge in [0.2, 0.25) is 5.91 Å². The number of carbonyl (C=O) groups is 2. The Morgan fingerprint density at radius 1 is 0.380 bits per heavy atom. The summed E-state index contributed by atoms with van der Waals surface area (Å²) in [7, 11) is 0. The summed E-state index contributed by atoms with van der Waals surface area (Å²) in [4.78, 5) is 24.5. The molecule has 2 unspecified atom stereocenters. The number of allylic oxidation sites excluding steroid dienone is 2. The molecule has 0 aromatic carbocycles. The van der Waals surface area contributed by atoms with E-state index in [1.807, 2.05) is 0 Å². The summed E-state index contributed by atoms with van der Waals surface area (Å²) in [6, 6.07) is -0.536. The molecule has 6 nitrogen and oxygen atoms in total. The van der Waals surface area contributed by atoms with E-state index >= 15 is 0 Å². The van der Waals surface area contributed by atoms with Crippen molar-refractivity contribution in [2.45, 2.75) is 379 Å². The summed E-state index contributed by atoms with van der Waals surface area (Å²) < 4.78 is 5.49. The van der Waals surface area contributed by atoms with Crippen LogP contribution in [0.4, 0.5) is 0 Å². The lowest BCUT2D eigenvalue weighted by atomic mass is 10.0. The zero-order valence-corrected chi connectivity index (χ0v) is 48.2. The van der Waals surface area contributed by atoms with Crippen LogP contribution < -0.4 is 5.32 Å². The fourth-order valence-corrected chi connectivity index (χ4v) is 10.3. The maximum Gasteiger partial charge on any atom is 0.305 e. The summed E-state index contributed by atoms with van der Waals surface area (Å²) in [6.45, 7) is 4.96. The van der Waals surface area contributed by atoms with Crippen LogP contribution >= 0.6 is 0 Å². The van der Waals surface area contributed by atoms with E-state index in [9.17, 15) is 19.8 Å². The van der Waals surface area contributed by atoms with Gasteiger partial charge in [-0.3, -0.25) is 9.59 Å². The molecule has 2 atom stereocenters. The second-order valence-electron chi connectivity index (χ2n) is 22.5. The molecule has 0 fully saturated rings. The molecule has 3 N–H and O–H groups in total. The first-order valence-electron chi connectivity index (χ1n) is 32.4. The Bertz CT molecular complexity index is 1060. The van der Waals surface area contributed by atoms with Gasteiger partial charge in [0.1, 0.15) is 0 Å². The van der Waals surface area contributed by atoms with Crippen LogP contribution in [0.3, 0.4) is 0 Å². The number of aliphatic hydroxyl groups is 2. The lowest BCUT2D eigenvalue weighted by Gasteiger charge is -2.22. The van der Waals surface area contributed by atoms with Gasteiger partial charge in [-0.15, -0.1) is 0 Å². The first kappa shape index (κ1) is 69.6. The fraction of sp³-hybridized carbons (Fsp3) is 0.938. The van der Waals surface area contributed by atoms with E-state index in [0.717, 1.165) is 44.9 Å². The second kappa shape index (κ2) is 61.1. The Kier molecular flexibility index (Phi) is 59.9. The van der Waals surface area contributed by atoms with Crippen LogP contribution in [-0.2, 0) is 14.3 Å². The molecule has 0 aliphatic carbocycles. The van der Waals surface area contributed by atoms with Crippen molar-refractivity contribution < 1.29 is 24.5 Å². The molecule has 0 heterocycles. The number of esters is 1. The van der Waals surface area contributed by atoms with Gasteiger partial charge in [-0.2, -0.15) is 0 Å². The highest BCUT2D eigenvalue weighted by molar-refractivity contribution is 5.76. The third-order valence-corrected chi connectivity index (χ3v) is 15.3. The minimum Gasteiger partial charge on any atom is -0.466 e. The summed E-state index contributed by atoms with van der Waals surface area (Å²) in [5.41, 5.74) is 0. The molecule has 0 saturated carbocycles. The molecule has 0 radical (unpaired) electrons. The van der Waals surface area contributed by atoms with Crippen molar-refractivity contribution in [3.05, 3.63) is 12.2 Å². The van der Waals surface area contributed by atoms with Crippen molar-refractivity contribution in [2.24, 2.45) is 0 Å². The van der Waals surface area contributed by atoms with Crippen LogP contribution in [-0.4, -0.2) is 47.4 Å². The van der Waals surface area contributed by atoms with Gasteiger partial charge >= 0.3 is 5.97 Å². The fourth-order valence-electron chi connectivity index (χ4n) is 10.3. The number of aliphatic hydroxyl groups excluding tert-OH is 2.